The maximum atomic E-state index is 12.5. The zero-order chi connectivity index (χ0) is 15.6. The SMILES string of the molecule is COC(=O)C1COCCN1C(=O)c1n[nH]c(C(C)(C)C)n1. The third-order valence-corrected chi connectivity index (χ3v) is 3.25. The summed E-state index contributed by atoms with van der Waals surface area (Å²) in [6.45, 7) is 6.69. The van der Waals surface area contributed by atoms with Crippen LogP contribution in [0, 0.1) is 0 Å². The molecule has 0 spiro atoms. The Morgan fingerprint density at radius 2 is 2.14 bits per heavy atom. The number of nitrogens with zero attached hydrogens (tertiary/aromatic N) is 3. The highest BCUT2D eigenvalue weighted by Gasteiger charge is 2.36. The lowest BCUT2D eigenvalue weighted by Crippen LogP contribution is -2.53. The first-order valence-electron chi connectivity index (χ1n) is 6.74. The number of aromatic nitrogens is 3. The second-order valence-electron chi connectivity index (χ2n) is 5.87. The molecule has 1 amide bonds. The van der Waals surface area contributed by atoms with Crippen LogP contribution < -0.4 is 0 Å². The van der Waals surface area contributed by atoms with Crippen LogP contribution in [-0.2, 0) is 19.7 Å². The lowest BCUT2D eigenvalue weighted by Gasteiger charge is -2.32. The maximum absolute atomic E-state index is 12.5. The van der Waals surface area contributed by atoms with E-state index < -0.39 is 17.9 Å². The first-order chi connectivity index (χ1) is 9.84. The summed E-state index contributed by atoms with van der Waals surface area (Å²) < 4.78 is 9.94. The van der Waals surface area contributed by atoms with E-state index in [-0.39, 0.29) is 17.8 Å². The number of morpholine rings is 1. The third kappa shape index (κ3) is 3.21. The summed E-state index contributed by atoms with van der Waals surface area (Å²) in [6, 6.07) is -0.757. The van der Waals surface area contributed by atoms with Crippen LogP contribution in [-0.4, -0.2) is 64.9 Å². The van der Waals surface area contributed by atoms with E-state index in [2.05, 4.69) is 15.2 Å². The molecule has 0 saturated carbocycles. The topological polar surface area (TPSA) is 97.4 Å². The Balaban J connectivity index is 2.21. The Hall–Kier alpha value is -1.96. The Labute approximate surface area is 122 Å². The number of methoxy groups -OCH3 is 1. The van der Waals surface area contributed by atoms with Crippen LogP contribution in [0.5, 0.6) is 0 Å². The molecule has 8 heteroatoms. The van der Waals surface area contributed by atoms with Gasteiger partial charge >= 0.3 is 5.97 Å². The number of amides is 1. The van der Waals surface area contributed by atoms with Gasteiger partial charge in [-0.2, -0.15) is 0 Å². The van der Waals surface area contributed by atoms with E-state index >= 15 is 0 Å². The van der Waals surface area contributed by atoms with E-state index in [1.807, 2.05) is 20.8 Å². The van der Waals surface area contributed by atoms with Gasteiger partial charge in [-0.1, -0.05) is 20.8 Å². The molecule has 0 aromatic carbocycles. The van der Waals surface area contributed by atoms with Crippen molar-refractivity contribution in [2.24, 2.45) is 0 Å². The molecule has 1 unspecified atom stereocenters. The second-order valence-corrected chi connectivity index (χ2v) is 5.87. The van der Waals surface area contributed by atoms with Crippen LogP contribution in [0.15, 0.2) is 0 Å². The number of hydrogen-bond donors (Lipinski definition) is 1. The van der Waals surface area contributed by atoms with Gasteiger partial charge in [0.15, 0.2) is 6.04 Å². The van der Waals surface area contributed by atoms with Gasteiger partial charge in [-0.15, -0.1) is 5.10 Å². The van der Waals surface area contributed by atoms with E-state index in [0.29, 0.717) is 19.0 Å². The van der Waals surface area contributed by atoms with Crippen molar-refractivity contribution in [3.8, 4) is 0 Å². The first-order valence-corrected chi connectivity index (χ1v) is 6.74. The van der Waals surface area contributed by atoms with Gasteiger partial charge in [0.25, 0.3) is 5.91 Å². The molecule has 0 aliphatic carbocycles. The number of nitrogens with one attached hydrogen (secondary N) is 1. The fourth-order valence-corrected chi connectivity index (χ4v) is 2.00. The Morgan fingerprint density at radius 3 is 2.71 bits per heavy atom. The van der Waals surface area contributed by atoms with E-state index in [9.17, 15) is 9.59 Å². The Bertz CT molecular complexity index is 535. The molecule has 116 valence electrons. The van der Waals surface area contributed by atoms with Crippen LogP contribution >= 0.6 is 0 Å². The van der Waals surface area contributed by atoms with Crippen LogP contribution in [0.25, 0.3) is 0 Å². The second kappa shape index (κ2) is 5.80. The number of carbonyl (C=O) groups is 2. The minimum Gasteiger partial charge on any atom is -0.467 e. The molecular weight excluding hydrogens is 276 g/mol. The molecule has 8 nitrogen and oxygen atoms in total. The van der Waals surface area contributed by atoms with Gasteiger partial charge in [-0.05, 0) is 0 Å². The van der Waals surface area contributed by atoms with Crippen molar-refractivity contribution in [1.82, 2.24) is 20.1 Å². The van der Waals surface area contributed by atoms with Gasteiger partial charge in [0, 0.05) is 12.0 Å². The van der Waals surface area contributed by atoms with Crippen molar-refractivity contribution in [2.45, 2.75) is 32.2 Å². The summed E-state index contributed by atoms with van der Waals surface area (Å²) in [5, 5.41) is 6.72. The number of H-pyrrole nitrogens is 1. The minimum atomic E-state index is -0.757. The van der Waals surface area contributed by atoms with E-state index in [0.717, 1.165) is 0 Å². The summed E-state index contributed by atoms with van der Waals surface area (Å²) >= 11 is 0. The Morgan fingerprint density at radius 1 is 1.43 bits per heavy atom. The number of esters is 1. The zero-order valence-electron chi connectivity index (χ0n) is 12.7. The van der Waals surface area contributed by atoms with Crippen LogP contribution in [0.3, 0.4) is 0 Å². The first kappa shape index (κ1) is 15.4. The highest BCUT2D eigenvalue weighted by Crippen LogP contribution is 2.18. The molecule has 1 aliphatic rings. The summed E-state index contributed by atoms with van der Waals surface area (Å²) in [4.78, 5) is 29.8. The highest BCUT2D eigenvalue weighted by atomic mass is 16.5. The molecule has 0 bridgehead atoms. The van der Waals surface area contributed by atoms with Gasteiger partial charge in [-0.25, -0.2) is 9.78 Å². The highest BCUT2D eigenvalue weighted by molar-refractivity contribution is 5.94. The van der Waals surface area contributed by atoms with Crippen molar-refractivity contribution in [1.29, 1.82) is 0 Å². The molecule has 1 fully saturated rings. The van der Waals surface area contributed by atoms with Crippen molar-refractivity contribution in [3.05, 3.63) is 11.6 Å². The maximum Gasteiger partial charge on any atom is 0.331 e. The number of aromatic amines is 1. The number of carbonyl (C=O) groups excluding carboxylic acids is 2. The standard InChI is InChI=1S/C13H20N4O4/c1-13(2,3)12-14-9(15-16-12)10(18)17-5-6-21-7-8(17)11(19)20-4/h8H,5-7H2,1-4H3,(H,14,15,16). The normalized spacial score (nSPS) is 19.4. The van der Waals surface area contributed by atoms with Gasteiger partial charge < -0.3 is 14.4 Å². The minimum absolute atomic E-state index is 0.0516. The molecule has 0 radical (unpaired) electrons. The van der Waals surface area contributed by atoms with Crippen molar-refractivity contribution in [2.75, 3.05) is 26.9 Å². The van der Waals surface area contributed by atoms with Crippen molar-refractivity contribution in [3.63, 3.8) is 0 Å². The van der Waals surface area contributed by atoms with Crippen LogP contribution in [0.4, 0.5) is 0 Å². The predicted octanol–water partition coefficient (Wildman–Crippen LogP) is 0.116. The summed E-state index contributed by atoms with van der Waals surface area (Å²) in [6.07, 6.45) is 0. The van der Waals surface area contributed by atoms with Crippen molar-refractivity contribution < 1.29 is 19.1 Å². The molecule has 1 atom stereocenters. The molecule has 1 saturated heterocycles. The largest absolute Gasteiger partial charge is 0.467 e. The average molecular weight is 296 g/mol. The zero-order valence-corrected chi connectivity index (χ0v) is 12.7. The molecule has 21 heavy (non-hydrogen) atoms. The molecular formula is C13H20N4O4. The molecule has 1 aliphatic heterocycles. The predicted molar refractivity (Wildman–Crippen MR) is 72.7 cm³/mol. The van der Waals surface area contributed by atoms with Gasteiger partial charge in [0.2, 0.25) is 5.82 Å². The van der Waals surface area contributed by atoms with E-state index in [1.54, 1.807) is 0 Å². The molecule has 1 N–H and O–H groups in total. The fourth-order valence-electron chi connectivity index (χ4n) is 2.00. The van der Waals surface area contributed by atoms with Crippen molar-refractivity contribution >= 4 is 11.9 Å². The fraction of sp³-hybridized carbons (Fsp3) is 0.692. The van der Waals surface area contributed by atoms with Gasteiger partial charge in [0.1, 0.15) is 5.82 Å². The quantitative estimate of drug-likeness (QED) is 0.778. The van der Waals surface area contributed by atoms with Crippen LogP contribution in [0.1, 0.15) is 37.2 Å². The number of rotatable bonds is 2. The van der Waals surface area contributed by atoms with E-state index in [4.69, 9.17) is 9.47 Å². The summed E-state index contributed by atoms with van der Waals surface area (Å²) in [7, 11) is 1.28. The average Bonchev–Trinajstić information content (AvgIpc) is 2.95. The molecule has 2 rings (SSSR count). The summed E-state index contributed by atoms with van der Waals surface area (Å²) in [5.74, 6) is -0.237. The number of ether oxygens (including phenoxy) is 2. The smallest absolute Gasteiger partial charge is 0.331 e. The Kier molecular flexibility index (Phi) is 4.26. The van der Waals surface area contributed by atoms with E-state index in [1.165, 1.54) is 12.0 Å². The number of hydrogen-bond acceptors (Lipinski definition) is 6. The molecule has 1 aromatic heterocycles. The van der Waals surface area contributed by atoms with Gasteiger partial charge in [0.05, 0.1) is 20.3 Å². The summed E-state index contributed by atoms with van der Waals surface area (Å²) in [5.41, 5.74) is -0.238. The third-order valence-electron chi connectivity index (χ3n) is 3.25. The lowest BCUT2D eigenvalue weighted by atomic mass is 9.96. The van der Waals surface area contributed by atoms with Crippen LogP contribution in [0.2, 0.25) is 0 Å². The monoisotopic (exact) mass is 296 g/mol. The lowest BCUT2D eigenvalue weighted by molar-refractivity contribution is -0.151. The molecule has 1 aromatic rings. The van der Waals surface area contributed by atoms with Gasteiger partial charge in [-0.3, -0.25) is 9.89 Å². The molecule has 2 heterocycles.